The van der Waals surface area contributed by atoms with Crippen LogP contribution in [-0.2, 0) is 0 Å². The molecule has 5 nitrogen and oxygen atoms in total. The van der Waals surface area contributed by atoms with Gasteiger partial charge in [-0.25, -0.2) is 14.5 Å². The molecule has 0 spiro atoms. The van der Waals surface area contributed by atoms with Crippen molar-refractivity contribution in [2.75, 3.05) is 0 Å². The second-order valence-corrected chi connectivity index (χ2v) is 3.25. The molecule has 2 rings (SSSR count). The molecule has 0 bridgehead atoms. The van der Waals surface area contributed by atoms with E-state index in [1.54, 1.807) is 12.1 Å². The Morgan fingerprint density at radius 2 is 2.20 bits per heavy atom. The van der Waals surface area contributed by atoms with E-state index in [0.29, 0.717) is 10.8 Å². The molecule has 0 aliphatic heterocycles. The van der Waals surface area contributed by atoms with Gasteiger partial charge in [-0.05, 0) is 12.1 Å². The number of rotatable bonds is 2. The van der Waals surface area contributed by atoms with E-state index in [2.05, 4.69) is 10.1 Å². The third kappa shape index (κ3) is 1.97. The van der Waals surface area contributed by atoms with E-state index in [1.807, 2.05) is 0 Å². The van der Waals surface area contributed by atoms with Crippen LogP contribution in [0.15, 0.2) is 30.7 Å². The fraction of sp³-hybridized carbons (Fsp3) is 0. The van der Waals surface area contributed by atoms with Crippen LogP contribution in [-0.4, -0.2) is 25.8 Å². The molecule has 1 N–H and O–H groups in total. The Morgan fingerprint density at radius 1 is 1.40 bits per heavy atom. The predicted octanol–water partition coefficient (Wildman–Crippen LogP) is 1.62. The van der Waals surface area contributed by atoms with Crippen molar-refractivity contribution < 1.29 is 9.90 Å². The second-order valence-electron chi connectivity index (χ2n) is 2.81. The second kappa shape index (κ2) is 3.70. The number of nitrogens with zero attached hydrogens (tertiary/aromatic N) is 3. The Hall–Kier alpha value is -1.88. The number of carboxylic acids is 1. The van der Waals surface area contributed by atoms with Gasteiger partial charge in [0.15, 0.2) is 5.82 Å². The predicted molar refractivity (Wildman–Crippen MR) is 53.3 cm³/mol. The number of pyridine rings is 1. The zero-order valence-electron chi connectivity index (χ0n) is 7.46. The van der Waals surface area contributed by atoms with Gasteiger partial charge in [-0.3, -0.25) is 0 Å². The van der Waals surface area contributed by atoms with Crippen LogP contribution in [0.3, 0.4) is 0 Å². The fourth-order valence-corrected chi connectivity index (χ4v) is 1.17. The van der Waals surface area contributed by atoms with E-state index >= 15 is 0 Å². The van der Waals surface area contributed by atoms with Crippen LogP contribution in [0.25, 0.3) is 5.82 Å². The zero-order chi connectivity index (χ0) is 10.8. The maximum Gasteiger partial charge on any atom is 0.338 e. The lowest BCUT2D eigenvalue weighted by molar-refractivity contribution is 0.0697. The highest BCUT2D eigenvalue weighted by Crippen LogP contribution is 2.09. The molecule has 0 saturated carbocycles. The summed E-state index contributed by atoms with van der Waals surface area (Å²) in [6, 6.07) is 3.31. The van der Waals surface area contributed by atoms with Crippen molar-refractivity contribution in [2.24, 2.45) is 0 Å². The molecule has 0 fully saturated rings. The minimum atomic E-state index is -1.02. The first-order chi connectivity index (χ1) is 7.16. The number of aromatic carboxylic acids is 1. The lowest BCUT2D eigenvalue weighted by Crippen LogP contribution is -1.97. The standard InChI is InChI=1S/C9H6ClN3O2/c10-7-1-2-8(11-4-7)13-5-6(3-12-13)9(14)15/h1-5H,(H,14,15). The van der Waals surface area contributed by atoms with Crippen LogP contribution in [0.1, 0.15) is 10.4 Å². The molecule has 2 aromatic heterocycles. The fourth-order valence-electron chi connectivity index (χ4n) is 1.06. The van der Waals surface area contributed by atoms with Crippen molar-refractivity contribution in [3.8, 4) is 5.82 Å². The van der Waals surface area contributed by atoms with Crippen molar-refractivity contribution in [3.05, 3.63) is 41.3 Å². The summed E-state index contributed by atoms with van der Waals surface area (Å²) in [5.41, 5.74) is 0.117. The van der Waals surface area contributed by atoms with Gasteiger partial charge in [0.2, 0.25) is 0 Å². The Morgan fingerprint density at radius 3 is 2.73 bits per heavy atom. The molecule has 6 heteroatoms. The minimum Gasteiger partial charge on any atom is -0.478 e. The van der Waals surface area contributed by atoms with Gasteiger partial charge in [-0.15, -0.1) is 0 Å². The van der Waals surface area contributed by atoms with Gasteiger partial charge in [0.1, 0.15) is 0 Å². The topological polar surface area (TPSA) is 68.0 Å². The smallest absolute Gasteiger partial charge is 0.338 e. The quantitative estimate of drug-likeness (QED) is 0.840. The molecule has 76 valence electrons. The summed E-state index contributed by atoms with van der Waals surface area (Å²) in [4.78, 5) is 14.6. The molecule has 0 aliphatic carbocycles. The maximum absolute atomic E-state index is 10.6. The normalized spacial score (nSPS) is 10.2. The average molecular weight is 224 g/mol. The lowest BCUT2D eigenvalue weighted by atomic mass is 10.4. The van der Waals surface area contributed by atoms with Gasteiger partial charge >= 0.3 is 5.97 Å². The van der Waals surface area contributed by atoms with E-state index in [9.17, 15) is 4.79 Å². The van der Waals surface area contributed by atoms with Crippen LogP contribution < -0.4 is 0 Å². The van der Waals surface area contributed by atoms with E-state index in [1.165, 1.54) is 23.3 Å². The Labute approximate surface area is 89.9 Å². The number of aromatic nitrogens is 3. The van der Waals surface area contributed by atoms with Crippen LogP contribution >= 0.6 is 11.6 Å². The molecule has 0 unspecified atom stereocenters. The molecule has 0 radical (unpaired) electrons. The first-order valence-electron chi connectivity index (χ1n) is 4.07. The molecule has 0 atom stereocenters. The summed E-state index contributed by atoms with van der Waals surface area (Å²) in [5, 5.41) is 13.1. The Kier molecular flexibility index (Phi) is 2.39. The van der Waals surface area contributed by atoms with Gasteiger partial charge in [0.25, 0.3) is 0 Å². The zero-order valence-corrected chi connectivity index (χ0v) is 8.22. The lowest BCUT2D eigenvalue weighted by Gasteiger charge is -1.98. The minimum absolute atomic E-state index is 0.117. The van der Waals surface area contributed by atoms with Gasteiger partial charge in [0, 0.05) is 12.4 Å². The number of hydrogen-bond donors (Lipinski definition) is 1. The number of hydrogen-bond acceptors (Lipinski definition) is 3. The third-order valence-corrected chi connectivity index (χ3v) is 2.00. The highest BCUT2D eigenvalue weighted by atomic mass is 35.5. The van der Waals surface area contributed by atoms with E-state index in [-0.39, 0.29) is 5.56 Å². The van der Waals surface area contributed by atoms with Crippen molar-refractivity contribution in [3.63, 3.8) is 0 Å². The third-order valence-electron chi connectivity index (χ3n) is 1.78. The molecule has 0 aliphatic rings. The van der Waals surface area contributed by atoms with E-state index < -0.39 is 5.97 Å². The first kappa shape index (κ1) is 9.67. The number of halogens is 1. The molecular formula is C9H6ClN3O2. The highest BCUT2D eigenvalue weighted by Gasteiger charge is 2.07. The summed E-state index contributed by atoms with van der Waals surface area (Å²) >= 11 is 5.67. The number of carbonyl (C=O) groups is 1. The van der Waals surface area contributed by atoms with Gasteiger partial charge < -0.3 is 5.11 Å². The SMILES string of the molecule is O=C(O)c1cnn(-c2ccc(Cl)cn2)c1. The summed E-state index contributed by atoms with van der Waals surface area (Å²) in [6.07, 6.45) is 4.12. The first-order valence-corrected chi connectivity index (χ1v) is 4.44. The summed E-state index contributed by atoms with van der Waals surface area (Å²) in [7, 11) is 0. The van der Waals surface area contributed by atoms with Crippen molar-refractivity contribution in [2.45, 2.75) is 0 Å². The molecule has 2 heterocycles. The maximum atomic E-state index is 10.6. The molecule has 0 saturated heterocycles. The van der Waals surface area contributed by atoms with Crippen LogP contribution in [0.4, 0.5) is 0 Å². The summed E-state index contributed by atoms with van der Waals surface area (Å²) < 4.78 is 1.37. The molecular weight excluding hydrogens is 218 g/mol. The average Bonchev–Trinajstić information content (AvgIpc) is 2.68. The monoisotopic (exact) mass is 223 g/mol. The summed E-state index contributed by atoms with van der Waals surface area (Å²) in [6.45, 7) is 0. The van der Waals surface area contributed by atoms with Crippen LogP contribution in [0, 0.1) is 0 Å². The van der Waals surface area contributed by atoms with E-state index in [4.69, 9.17) is 16.7 Å². The van der Waals surface area contributed by atoms with Gasteiger partial charge in [0.05, 0.1) is 16.8 Å². The highest BCUT2D eigenvalue weighted by molar-refractivity contribution is 6.30. The van der Waals surface area contributed by atoms with Crippen LogP contribution in [0.5, 0.6) is 0 Å². The van der Waals surface area contributed by atoms with E-state index in [0.717, 1.165) is 0 Å². The van der Waals surface area contributed by atoms with Gasteiger partial charge in [-0.2, -0.15) is 5.10 Å². The summed E-state index contributed by atoms with van der Waals surface area (Å²) in [5.74, 6) is -0.498. The van der Waals surface area contributed by atoms with Crippen molar-refractivity contribution >= 4 is 17.6 Å². The Bertz CT molecular complexity index is 492. The Balaban J connectivity index is 2.37. The molecule has 15 heavy (non-hydrogen) atoms. The molecule has 0 aromatic carbocycles. The van der Waals surface area contributed by atoms with Crippen molar-refractivity contribution in [1.82, 2.24) is 14.8 Å². The number of carboxylic acid groups (broad SMARTS) is 1. The van der Waals surface area contributed by atoms with Gasteiger partial charge in [-0.1, -0.05) is 11.6 Å². The van der Waals surface area contributed by atoms with Crippen LogP contribution in [0.2, 0.25) is 5.02 Å². The van der Waals surface area contributed by atoms with Crippen molar-refractivity contribution in [1.29, 1.82) is 0 Å². The molecule has 2 aromatic rings. The molecule has 0 amide bonds. The largest absolute Gasteiger partial charge is 0.478 e.